The van der Waals surface area contributed by atoms with Gasteiger partial charge in [-0.2, -0.15) is 0 Å². The number of hydrogen-bond donors (Lipinski definition) is 2. The number of aliphatic hydroxyl groups excluding tert-OH is 1. The molecular formula is C13H21NO. The number of nitrogens with one attached hydrogen (secondary N) is 1. The van der Waals surface area contributed by atoms with Gasteiger partial charge in [0.1, 0.15) is 0 Å². The summed E-state index contributed by atoms with van der Waals surface area (Å²) in [6.07, 6.45) is 0.736. The minimum atomic E-state index is 0.217. The number of anilines is 1. The van der Waals surface area contributed by atoms with E-state index in [1.54, 1.807) is 0 Å². The Morgan fingerprint density at radius 3 is 2.20 bits per heavy atom. The van der Waals surface area contributed by atoms with Crippen LogP contribution in [0.1, 0.15) is 26.3 Å². The molecule has 0 heterocycles. The Morgan fingerprint density at radius 1 is 1.13 bits per heavy atom. The van der Waals surface area contributed by atoms with Crippen molar-refractivity contribution in [3.05, 3.63) is 29.8 Å². The molecule has 0 aliphatic carbocycles. The third-order valence-electron chi connectivity index (χ3n) is 2.75. The fourth-order valence-corrected chi connectivity index (χ4v) is 1.33. The van der Waals surface area contributed by atoms with Gasteiger partial charge in [-0.3, -0.25) is 0 Å². The summed E-state index contributed by atoms with van der Waals surface area (Å²) in [5.74, 6) is 0.627. The molecule has 0 aromatic heterocycles. The number of benzene rings is 1. The van der Waals surface area contributed by atoms with Gasteiger partial charge in [-0.25, -0.2) is 0 Å². The Bertz CT molecular complexity index is 279. The minimum Gasteiger partial charge on any atom is -0.396 e. The monoisotopic (exact) mass is 207 g/mol. The van der Waals surface area contributed by atoms with E-state index < -0.39 is 0 Å². The van der Waals surface area contributed by atoms with Crippen molar-refractivity contribution in [3.8, 4) is 0 Å². The number of hydrogen-bond acceptors (Lipinski definition) is 2. The van der Waals surface area contributed by atoms with Crippen LogP contribution in [0.15, 0.2) is 24.3 Å². The molecule has 0 spiro atoms. The van der Waals surface area contributed by atoms with E-state index >= 15 is 0 Å². The summed E-state index contributed by atoms with van der Waals surface area (Å²) in [6.45, 7) is 6.82. The van der Waals surface area contributed by atoms with Gasteiger partial charge in [0.15, 0.2) is 0 Å². The van der Waals surface area contributed by atoms with Crippen molar-refractivity contribution >= 4 is 5.69 Å². The van der Waals surface area contributed by atoms with Gasteiger partial charge in [0.25, 0.3) is 0 Å². The first-order valence-electron chi connectivity index (χ1n) is 5.60. The van der Waals surface area contributed by atoms with Gasteiger partial charge in [0.05, 0.1) is 0 Å². The second kappa shape index (κ2) is 5.76. The van der Waals surface area contributed by atoms with Gasteiger partial charge in [-0.05, 0) is 37.0 Å². The van der Waals surface area contributed by atoms with Crippen molar-refractivity contribution in [1.29, 1.82) is 0 Å². The molecular weight excluding hydrogens is 186 g/mol. The number of aliphatic hydroxyl groups is 1. The molecule has 1 unspecified atom stereocenters. The zero-order valence-electron chi connectivity index (χ0n) is 9.83. The third kappa shape index (κ3) is 3.92. The van der Waals surface area contributed by atoms with Gasteiger partial charge in [-0.1, -0.05) is 26.0 Å². The van der Waals surface area contributed by atoms with Gasteiger partial charge in [-0.15, -0.1) is 0 Å². The lowest BCUT2D eigenvalue weighted by molar-refractivity contribution is 0.299. The largest absolute Gasteiger partial charge is 0.396 e. The van der Waals surface area contributed by atoms with Crippen LogP contribution in [0.2, 0.25) is 0 Å². The molecule has 1 rings (SSSR count). The van der Waals surface area contributed by atoms with Crippen molar-refractivity contribution in [3.63, 3.8) is 0 Å². The zero-order valence-corrected chi connectivity index (χ0v) is 9.83. The molecule has 0 saturated heterocycles. The van der Waals surface area contributed by atoms with E-state index in [1.165, 1.54) is 5.56 Å². The van der Waals surface area contributed by atoms with E-state index in [1.807, 2.05) is 0 Å². The maximum absolute atomic E-state index is 8.79. The average Bonchev–Trinajstić information content (AvgIpc) is 2.21. The molecule has 0 aliphatic heterocycles. The second-order valence-corrected chi connectivity index (χ2v) is 4.35. The van der Waals surface area contributed by atoms with Crippen LogP contribution < -0.4 is 5.32 Å². The van der Waals surface area contributed by atoms with E-state index in [0.717, 1.165) is 12.1 Å². The summed E-state index contributed by atoms with van der Waals surface area (Å²) >= 11 is 0. The Labute approximate surface area is 92.3 Å². The summed E-state index contributed by atoms with van der Waals surface area (Å²) in [7, 11) is 0. The van der Waals surface area contributed by atoms with Crippen LogP contribution in [0, 0.1) is 5.92 Å². The average molecular weight is 207 g/mol. The lowest BCUT2D eigenvalue weighted by Crippen LogP contribution is -2.21. The van der Waals surface area contributed by atoms with Crippen molar-refractivity contribution < 1.29 is 5.11 Å². The first kappa shape index (κ1) is 12.1. The van der Waals surface area contributed by atoms with E-state index in [-0.39, 0.29) is 6.61 Å². The van der Waals surface area contributed by atoms with Crippen molar-refractivity contribution in [2.45, 2.75) is 33.2 Å². The molecule has 0 aliphatic rings. The summed E-state index contributed by atoms with van der Waals surface area (Å²) in [6, 6.07) is 8.75. The minimum absolute atomic E-state index is 0.217. The van der Waals surface area contributed by atoms with Crippen molar-refractivity contribution in [2.24, 2.45) is 5.92 Å². The van der Waals surface area contributed by atoms with Crippen LogP contribution in [-0.4, -0.2) is 17.8 Å². The maximum atomic E-state index is 8.79. The standard InChI is InChI=1S/C13H21NO/c1-10(2)11(3)14-13-6-4-12(5-7-13)8-9-15/h4-7,10-11,14-15H,8-9H2,1-3H3. The highest BCUT2D eigenvalue weighted by Gasteiger charge is 2.05. The fourth-order valence-electron chi connectivity index (χ4n) is 1.33. The molecule has 2 nitrogen and oxygen atoms in total. The summed E-state index contributed by atoms with van der Waals surface area (Å²) < 4.78 is 0. The molecule has 0 fully saturated rings. The highest BCUT2D eigenvalue weighted by atomic mass is 16.2. The van der Waals surface area contributed by atoms with Crippen LogP contribution in [0.5, 0.6) is 0 Å². The molecule has 0 radical (unpaired) electrons. The van der Waals surface area contributed by atoms with Crippen LogP contribution >= 0.6 is 0 Å². The van der Waals surface area contributed by atoms with Crippen LogP contribution in [0.25, 0.3) is 0 Å². The van der Waals surface area contributed by atoms with E-state index in [4.69, 9.17) is 5.11 Å². The van der Waals surface area contributed by atoms with Crippen LogP contribution in [0.3, 0.4) is 0 Å². The molecule has 2 N–H and O–H groups in total. The topological polar surface area (TPSA) is 32.3 Å². The zero-order chi connectivity index (χ0) is 11.3. The Kier molecular flexibility index (Phi) is 4.63. The predicted molar refractivity (Wildman–Crippen MR) is 65.2 cm³/mol. The SMILES string of the molecule is CC(C)C(C)Nc1ccc(CCO)cc1. The summed E-state index contributed by atoms with van der Waals surface area (Å²) in [5, 5.41) is 12.2. The van der Waals surface area contributed by atoms with E-state index in [2.05, 4.69) is 50.4 Å². The first-order chi connectivity index (χ1) is 7.13. The van der Waals surface area contributed by atoms with E-state index in [0.29, 0.717) is 12.0 Å². The maximum Gasteiger partial charge on any atom is 0.0471 e. The molecule has 0 saturated carbocycles. The Hall–Kier alpha value is -1.02. The normalized spacial score (nSPS) is 12.9. The Morgan fingerprint density at radius 2 is 1.73 bits per heavy atom. The quantitative estimate of drug-likeness (QED) is 0.778. The van der Waals surface area contributed by atoms with Gasteiger partial charge < -0.3 is 10.4 Å². The van der Waals surface area contributed by atoms with Gasteiger partial charge >= 0.3 is 0 Å². The predicted octanol–water partition coefficient (Wildman–Crippen LogP) is 2.68. The summed E-state index contributed by atoms with van der Waals surface area (Å²) in [4.78, 5) is 0. The van der Waals surface area contributed by atoms with Crippen molar-refractivity contribution in [2.75, 3.05) is 11.9 Å². The van der Waals surface area contributed by atoms with E-state index in [9.17, 15) is 0 Å². The number of rotatable bonds is 5. The molecule has 15 heavy (non-hydrogen) atoms. The Balaban J connectivity index is 2.56. The van der Waals surface area contributed by atoms with Crippen LogP contribution in [0.4, 0.5) is 5.69 Å². The molecule has 84 valence electrons. The smallest absolute Gasteiger partial charge is 0.0471 e. The molecule has 2 heteroatoms. The highest BCUT2D eigenvalue weighted by Crippen LogP contribution is 2.13. The van der Waals surface area contributed by atoms with Gasteiger partial charge in [0.2, 0.25) is 0 Å². The second-order valence-electron chi connectivity index (χ2n) is 4.35. The van der Waals surface area contributed by atoms with Gasteiger partial charge in [0, 0.05) is 18.3 Å². The molecule has 0 amide bonds. The fraction of sp³-hybridized carbons (Fsp3) is 0.538. The molecule has 0 bridgehead atoms. The first-order valence-corrected chi connectivity index (χ1v) is 5.60. The lowest BCUT2D eigenvalue weighted by atomic mass is 10.1. The molecule has 1 aromatic carbocycles. The van der Waals surface area contributed by atoms with Crippen molar-refractivity contribution in [1.82, 2.24) is 0 Å². The highest BCUT2D eigenvalue weighted by molar-refractivity contribution is 5.45. The molecule has 1 atom stereocenters. The molecule has 1 aromatic rings. The van der Waals surface area contributed by atoms with Crippen LogP contribution in [-0.2, 0) is 6.42 Å². The summed E-state index contributed by atoms with van der Waals surface area (Å²) in [5.41, 5.74) is 2.33. The lowest BCUT2D eigenvalue weighted by Gasteiger charge is -2.18. The third-order valence-corrected chi connectivity index (χ3v) is 2.75.